The van der Waals surface area contributed by atoms with Gasteiger partial charge in [-0.2, -0.15) is 0 Å². The average Bonchev–Trinajstić information content (AvgIpc) is 3.04. The van der Waals surface area contributed by atoms with Crippen molar-refractivity contribution in [2.45, 2.75) is 32.2 Å². The number of hydrogen-bond donors (Lipinski definition) is 1. The summed E-state index contributed by atoms with van der Waals surface area (Å²) in [6, 6.07) is 8.06. The normalized spacial score (nSPS) is 16.1. The van der Waals surface area contributed by atoms with E-state index in [1.807, 2.05) is 47.8 Å². The number of hydrogen-bond acceptors (Lipinski definition) is 2. The third-order valence-electron chi connectivity index (χ3n) is 4.40. The number of rotatable bonds is 5. The van der Waals surface area contributed by atoms with Crippen LogP contribution in [0, 0.1) is 0 Å². The second-order valence-corrected chi connectivity index (χ2v) is 6.37. The molecule has 23 heavy (non-hydrogen) atoms. The molecule has 0 aliphatic carbocycles. The Kier molecular flexibility index (Phi) is 4.37. The zero-order chi connectivity index (χ0) is 16.4. The van der Waals surface area contributed by atoms with Crippen LogP contribution in [0.2, 0.25) is 0 Å². The first kappa shape index (κ1) is 15.6. The van der Waals surface area contributed by atoms with E-state index in [4.69, 9.17) is 0 Å². The fourth-order valence-corrected chi connectivity index (χ4v) is 3.34. The molecular formula is C18H23N3O2. The number of likely N-dealkylation sites (tertiary alicyclic amines) is 1. The van der Waals surface area contributed by atoms with Gasteiger partial charge < -0.3 is 14.8 Å². The topological polar surface area (TPSA) is 54.3 Å². The van der Waals surface area contributed by atoms with Crippen LogP contribution in [0.4, 0.5) is 0 Å². The van der Waals surface area contributed by atoms with E-state index in [2.05, 4.69) is 11.4 Å². The highest BCUT2D eigenvalue weighted by Crippen LogP contribution is 2.20. The summed E-state index contributed by atoms with van der Waals surface area (Å²) in [5.41, 5.74) is 2.16. The molecule has 5 nitrogen and oxygen atoms in total. The molecule has 1 aliphatic heterocycles. The summed E-state index contributed by atoms with van der Waals surface area (Å²) in [7, 11) is 1.99. The molecule has 1 saturated heterocycles. The summed E-state index contributed by atoms with van der Waals surface area (Å²) < 4.78 is 2.05. The molecule has 122 valence electrons. The monoisotopic (exact) mass is 313 g/mol. The van der Waals surface area contributed by atoms with E-state index in [9.17, 15) is 9.59 Å². The van der Waals surface area contributed by atoms with E-state index in [-0.39, 0.29) is 17.9 Å². The van der Waals surface area contributed by atoms with Crippen LogP contribution < -0.4 is 5.32 Å². The van der Waals surface area contributed by atoms with Crippen LogP contribution >= 0.6 is 0 Å². The van der Waals surface area contributed by atoms with Gasteiger partial charge in [0.2, 0.25) is 11.8 Å². The largest absolute Gasteiger partial charge is 0.352 e. The zero-order valence-corrected chi connectivity index (χ0v) is 13.7. The molecule has 2 aromatic rings. The Morgan fingerprint density at radius 2 is 2.13 bits per heavy atom. The van der Waals surface area contributed by atoms with Crippen molar-refractivity contribution < 1.29 is 9.59 Å². The maximum Gasteiger partial charge on any atom is 0.224 e. The number of fused-ring (bicyclic) bond motifs is 1. The van der Waals surface area contributed by atoms with E-state index in [0.29, 0.717) is 19.4 Å². The van der Waals surface area contributed by atoms with Gasteiger partial charge in [-0.15, -0.1) is 0 Å². The van der Waals surface area contributed by atoms with Gasteiger partial charge in [0.25, 0.3) is 0 Å². The fourth-order valence-electron chi connectivity index (χ4n) is 3.34. The van der Waals surface area contributed by atoms with Crippen molar-refractivity contribution in [3.05, 3.63) is 36.0 Å². The number of nitrogens with zero attached hydrogens (tertiary/aromatic N) is 2. The van der Waals surface area contributed by atoms with Crippen LogP contribution in [-0.2, 0) is 23.1 Å². The van der Waals surface area contributed by atoms with E-state index < -0.39 is 0 Å². The summed E-state index contributed by atoms with van der Waals surface area (Å²) in [6.07, 6.45) is 3.94. The zero-order valence-electron chi connectivity index (χ0n) is 13.7. The molecule has 1 fully saturated rings. The highest BCUT2D eigenvalue weighted by Gasteiger charge is 2.22. The molecule has 1 aliphatic rings. The van der Waals surface area contributed by atoms with Crippen LogP contribution in [-0.4, -0.2) is 40.4 Å². The number of amides is 2. The molecule has 0 radical (unpaired) electrons. The van der Waals surface area contributed by atoms with Crippen LogP contribution in [0.15, 0.2) is 30.5 Å². The summed E-state index contributed by atoms with van der Waals surface area (Å²) in [5, 5.41) is 4.13. The molecule has 0 spiro atoms. The summed E-state index contributed by atoms with van der Waals surface area (Å²) in [5.74, 6) is 0.195. The van der Waals surface area contributed by atoms with Crippen LogP contribution in [0.3, 0.4) is 0 Å². The first-order valence-corrected chi connectivity index (χ1v) is 8.14. The lowest BCUT2D eigenvalue weighted by Crippen LogP contribution is -2.42. The smallest absolute Gasteiger partial charge is 0.224 e. The predicted molar refractivity (Wildman–Crippen MR) is 90.0 cm³/mol. The van der Waals surface area contributed by atoms with Gasteiger partial charge in [0.05, 0.1) is 6.42 Å². The SMILES string of the molecule is CC(CN1CCCC1=O)NC(=O)Cc1cn(C)c2ccccc12. The fraction of sp³-hybridized carbons (Fsp3) is 0.444. The second-order valence-electron chi connectivity index (χ2n) is 6.37. The van der Waals surface area contributed by atoms with Gasteiger partial charge in [-0.3, -0.25) is 9.59 Å². The van der Waals surface area contributed by atoms with Crippen molar-refractivity contribution in [2.75, 3.05) is 13.1 Å². The number of benzene rings is 1. The number of aromatic nitrogens is 1. The maximum atomic E-state index is 12.3. The second kappa shape index (κ2) is 6.44. The number of carbonyl (C=O) groups excluding carboxylic acids is 2. The minimum absolute atomic E-state index is 0.000462. The molecule has 5 heteroatoms. The average molecular weight is 313 g/mol. The highest BCUT2D eigenvalue weighted by atomic mass is 16.2. The van der Waals surface area contributed by atoms with E-state index in [0.717, 1.165) is 29.4 Å². The molecular weight excluding hydrogens is 290 g/mol. The van der Waals surface area contributed by atoms with Gasteiger partial charge >= 0.3 is 0 Å². The molecule has 1 atom stereocenters. The molecule has 0 bridgehead atoms. The van der Waals surface area contributed by atoms with Crippen LogP contribution in [0.1, 0.15) is 25.3 Å². The third-order valence-corrected chi connectivity index (χ3v) is 4.40. The van der Waals surface area contributed by atoms with Crippen molar-refractivity contribution in [1.82, 2.24) is 14.8 Å². The van der Waals surface area contributed by atoms with E-state index in [1.54, 1.807) is 0 Å². The van der Waals surface area contributed by atoms with Gasteiger partial charge in [-0.25, -0.2) is 0 Å². The van der Waals surface area contributed by atoms with Crippen molar-refractivity contribution in [1.29, 1.82) is 0 Å². The number of nitrogens with one attached hydrogen (secondary N) is 1. The van der Waals surface area contributed by atoms with Crippen molar-refractivity contribution in [2.24, 2.45) is 7.05 Å². The van der Waals surface area contributed by atoms with Crippen LogP contribution in [0.5, 0.6) is 0 Å². The molecule has 1 unspecified atom stereocenters. The van der Waals surface area contributed by atoms with Gasteiger partial charge in [-0.1, -0.05) is 18.2 Å². The Morgan fingerprint density at radius 1 is 1.35 bits per heavy atom. The Morgan fingerprint density at radius 3 is 2.87 bits per heavy atom. The summed E-state index contributed by atoms with van der Waals surface area (Å²) in [4.78, 5) is 25.8. The Bertz CT molecular complexity index is 735. The Hall–Kier alpha value is -2.30. The minimum atomic E-state index is -0.0282. The van der Waals surface area contributed by atoms with Crippen molar-refractivity contribution >= 4 is 22.7 Å². The summed E-state index contributed by atoms with van der Waals surface area (Å²) in [6.45, 7) is 3.36. The standard InChI is InChI=1S/C18H23N3O2/c1-13(11-21-9-5-8-18(21)23)19-17(22)10-14-12-20(2)16-7-4-3-6-15(14)16/h3-4,6-7,12-13H,5,8-11H2,1-2H3,(H,19,22). The molecule has 3 rings (SSSR count). The molecule has 2 heterocycles. The molecule has 1 N–H and O–H groups in total. The lowest BCUT2D eigenvalue weighted by atomic mass is 10.1. The Labute approximate surface area is 136 Å². The highest BCUT2D eigenvalue weighted by molar-refractivity contribution is 5.89. The first-order valence-electron chi connectivity index (χ1n) is 8.14. The predicted octanol–water partition coefficient (Wildman–Crippen LogP) is 1.85. The molecule has 1 aromatic carbocycles. The number of carbonyl (C=O) groups is 2. The molecule has 0 saturated carbocycles. The number of para-hydroxylation sites is 1. The van der Waals surface area contributed by atoms with E-state index >= 15 is 0 Å². The van der Waals surface area contributed by atoms with E-state index in [1.165, 1.54) is 0 Å². The Balaban J connectivity index is 1.61. The quantitative estimate of drug-likeness (QED) is 0.916. The number of aryl methyl sites for hydroxylation is 1. The minimum Gasteiger partial charge on any atom is -0.352 e. The van der Waals surface area contributed by atoms with Gasteiger partial charge in [-0.05, 0) is 25.0 Å². The summed E-state index contributed by atoms with van der Waals surface area (Å²) >= 11 is 0. The lowest BCUT2D eigenvalue weighted by Gasteiger charge is -2.21. The van der Waals surface area contributed by atoms with Crippen molar-refractivity contribution in [3.8, 4) is 0 Å². The molecule has 1 aromatic heterocycles. The third kappa shape index (κ3) is 3.38. The van der Waals surface area contributed by atoms with Gasteiger partial charge in [0, 0.05) is 49.7 Å². The molecule has 2 amide bonds. The van der Waals surface area contributed by atoms with Gasteiger partial charge in [0.15, 0.2) is 0 Å². The lowest BCUT2D eigenvalue weighted by molar-refractivity contribution is -0.129. The van der Waals surface area contributed by atoms with Crippen LogP contribution in [0.25, 0.3) is 10.9 Å². The van der Waals surface area contributed by atoms with Gasteiger partial charge in [0.1, 0.15) is 0 Å². The first-order chi connectivity index (χ1) is 11.0. The van der Waals surface area contributed by atoms with Crippen molar-refractivity contribution in [3.63, 3.8) is 0 Å². The maximum absolute atomic E-state index is 12.3.